The molecule has 0 saturated carbocycles. The Morgan fingerprint density at radius 2 is 1.80 bits per heavy atom. The van der Waals surface area contributed by atoms with Crippen LogP contribution in [0.4, 0.5) is 0 Å². The fourth-order valence-electron chi connectivity index (χ4n) is 3.89. The minimum atomic E-state index is -0.847. The zero-order valence-electron chi connectivity index (χ0n) is 17.0. The number of primary amides is 1. The van der Waals surface area contributed by atoms with Crippen LogP contribution in [0, 0.1) is 0 Å². The Kier molecular flexibility index (Phi) is 5.33. The topological polar surface area (TPSA) is 80.0 Å². The van der Waals surface area contributed by atoms with E-state index >= 15 is 0 Å². The molecule has 1 heterocycles. The van der Waals surface area contributed by atoms with Gasteiger partial charge >= 0.3 is 0 Å². The first-order valence-electron chi connectivity index (χ1n) is 9.51. The summed E-state index contributed by atoms with van der Waals surface area (Å²) in [5, 5.41) is 0. The van der Waals surface area contributed by atoms with Crippen molar-refractivity contribution < 1.29 is 23.7 Å². The highest BCUT2D eigenvalue weighted by atomic mass is 16.5. The number of hydrogen-bond donors (Lipinski definition) is 1. The lowest BCUT2D eigenvalue weighted by atomic mass is 9.87. The second kappa shape index (κ2) is 8.08. The second-order valence-electron chi connectivity index (χ2n) is 6.97. The molecule has 3 aromatic carbocycles. The third kappa shape index (κ3) is 3.35. The molecular formula is C24H23NO5. The molecule has 6 heteroatoms. The average Bonchev–Trinajstić information content (AvgIpc) is 2.78. The van der Waals surface area contributed by atoms with E-state index in [1.165, 1.54) is 7.11 Å². The van der Waals surface area contributed by atoms with Crippen molar-refractivity contribution in [3.8, 4) is 28.4 Å². The lowest BCUT2D eigenvalue weighted by Crippen LogP contribution is -2.23. The van der Waals surface area contributed by atoms with E-state index in [0.29, 0.717) is 11.3 Å². The number of fused-ring (bicyclic) bond motifs is 3. The number of amides is 1. The number of rotatable bonds is 6. The summed E-state index contributed by atoms with van der Waals surface area (Å²) in [7, 11) is 4.72. The molecule has 0 aromatic heterocycles. The first kappa shape index (κ1) is 19.8. The Hall–Kier alpha value is -3.51. The third-order valence-corrected chi connectivity index (χ3v) is 5.27. The van der Waals surface area contributed by atoms with Crippen LogP contribution in [0.25, 0.3) is 11.1 Å². The van der Waals surface area contributed by atoms with Crippen molar-refractivity contribution >= 4 is 5.91 Å². The van der Waals surface area contributed by atoms with Crippen LogP contribution in [0.2, 0.25) is 0 Å². The highest BCUT2D eigenvalue weighted by Gasteiger charge is 2.31. The average molecular weight is 405 g/mol. The van der Waals surface area contributed by atoms with Gasteiger partial charge in [0, 0.05) is 18.2 Å². The molecule has 1 aliphatic heterocycles. The number of nitrogens with two attached hydrogens (primary N) is 1. The van der Waals surface area contributed by atoms with Gasteiger partial charge < -0.3 is 24.7 Å². The summed E-state index contributed by atoms with van der Waals surface area (Å²) in [6.45, 7) is 0. The van der Waals surface area contributed by atoms with Crippen molar-refractivity contribution in [1.29, 1.82) is 0 Å². The third-order valence-electron chi connectivity index (χ3n) is 5.27. The van der Waals surface area contributed by atoms with Gasteiger partial charge in [-0.05, 0) is 41.5 Å². The fourth-order valence-corrected chi connectivity index (χ4v) is 3.89. The Morgan fingerprint density at radius 1 is 1.00 bits per heavy atom. The van der Waals surface area contributed by atoms with Crippen LogP contribution >= 0.6 is 0 Å². The van der Waals surface area contributed by atoms with Gasteiger partial charge in [-0.15, -0.1) is 0 Å². The molecule has 6 nitrogen and oxygen atoms in total. The maximum Gasteiger partial charge on any atom is 0.251 e. The van der Waals surface area contributed by atoms with Gasteiger partial charge in [0.25, 0.3) is 5.91 Å². The van der Waals surface area contributed by atoms with Crippen LogP contribution in [0.1, 0.15) is 28.9 Å². The van der Waals surface area contributed by atoms with Gasteiger partial charge in [0.2, 0.25) is 0 Å². The summed E-state index contributed by atoms with van der Waals surface area (Å²) in [6, 6.07) is 19.2. The van der Waals surface area contributed by atoms with Gasteiger partial charge in [-0.1, -0.05) is 30.3 Å². The summed E-state index contributed by atoms with van der Waals surface area (Å²) in [5.41, 5.74) is 9.84. The molecule has 4 rings (SSSR count). The molecular weight excluding hydrogens is 382 g/mol. The standard InChI is InChI=1S/C24H23NO5/c1-27-16-7-4-6-14(12-16)22-18-13-15(23(29-3)24(25)26)10-11-17(18)21-19(28-2)8-5-9-20(21)30-22/h4-13,22-23H,1-3H3,(H2,25,26). The maximum absolute atomic E-state index is 11.9. The van der Waals surface area contributed by atoms with Gasteiger partial charge in [-0.25, -0.2) is 0 Å². The monoisotopic (exact) mass is 405 g/mol. The van der Waals surface area contributed by atoms with Crippen molar-refractivity contribution in [3.63, 3.8) is 0 Å². The molecule has 3 aromatic rings. The van der Waals surface area contributed by atoms with Crippen molar-refractivity contribution in [3.05, 3.63) is 77.4 Å². The van der Waals surface area contributed by atoms with Gasteiger partial charge in [0.05, 0.1) is 19.8 Å². The van der Waals surface area contributed by atoms with Crippen LogP contribution in [0.5, 0.6) is 17.2 Å². The molecule has 0 aliphatic carbocycles. The molecule has 0 radical (unpaired) electrons. The highest BCUT2D eigenvalue weighted by molar-refractivity contribution is 5.84. The normalized spacial score (nSPS) is 15.4. The molecule has 0 fully saturated rings. The Bertz CT molecular complexity index is 1090. The molecule has 1 aliphatic rings. The van der Waals surface area contributed by atoms with Crippen LogP contribution < -0.4 is 19.9 Å². The quantitative estimate of drug-likeness (QED) is 0.670. The number of carbonyl (C=O) groups excluding carboxylic acids is 1. The number of ether oxygens (including phenoxy) is 4. The molecule has 154 valence electrons. The SMILES string of the molecule is COc1cccc(C2Oc3cccc(OC)c3-c3ccc(C(OC)C(N)=O)cc32)c1. The van der Waals surface area contributed by atoms with Crippen LogP contribution in [0.3, 0.4) is 0 Å². The molecule has 2 N–H and O–H groups in total. The lowest BCUT2D eigenvalue weighted by Gasteiger charge is -2.31. The van der Waals surface area contributed by atoms with Crippen LogP contribution in [0.15, 0.2) is 60.7 Å². The van der Waals surface area contributed by atoms with Gasteiger partial charge in [0.15, 0.2) is 6.10 Å². The predicted octanol–water partition coefficient (Wildman–Crippen LogP) is 4.03. The zero-order valence-corrected chi connectivity index (χ0v) is 17.0. The Morgan fingerprint density at radius 3 is 2.50 bits per heavy atom. The highest BCUT2D eigenvalue weighted by Crippen LogP contribution is 2.49. The first-order chi connectivity index (χ1) is 14.6. The van der Waals surface area contributed by atoms with Crippen molar-refractivity contribution in [2.24, 2.45) is 5.73 Å². The van der Waals surface area contributed by atoms with Crippen LogP contribution in [-0.4, -0.2) is 27.2 Å². The van der Waals surface area contributed by atoms with E-state index < -0.39 is 18.1 Å². The minimum Gasteiger partial charge on any atom is -0.497 e. The number of methoxy groups -OCH3 is 3. The maximum atomic E-state index is 11.9. The van der Waals surface area contributed by atoms with Crippen molar-refractivity contribution in [1.82, 2.24) is 0 Å². The number of hydrogen-bond acceptors (Lipinski definition) is 5. The largest absolute Gasteiger partial charge is 0.497 e. The van der Waals surface area contributed by atoms with Gasteiger partial charge in [-0.2, -0.15) is 0 Å². The van der Waals surface area contributed by atoms with Crippen molar-refractivity contribution in [2.45, 2.75) is 12.2 Å². The molecule has 1 amide bonds. The van der Waals surface area contributed by atoms with Crippen LogP contribution in [-0.2, 0) is 9.53 Å². The summed E-state index contributed by atoms with van der Waals surface area (Å²) in [4.78, 5) is 11.9. The van der Waals surface area contributed by atoms with Crippen molar-refractivity contribution in [2.75, 3.05) is 21.3 Å². The molecule has 0 spiro atoms. The second-order valence-corrected chi connectivity index (χ2v) is 6.97. The summed E-state index contributed by atoms with van der Waals surface area (Å²) in [5.74, 6) is 1.62. The lowest BCUT2D eigenvalue weighted by molar-refractivity contribution is -0.128. The fraction of sp³-hybridized carbons (Fsp3) is 0.208. The molecule has 0 saturated heterocycles. The van der Waals surface area contributed by atoms with E-state index in [0.717, 1.165) is 33.8 Å². The predicted molar refractivity (Wildman–Crippen MR) is 113 cm³/mol. The summed E-state index contributed by atoms with van der Waals surface area (Å²) >= 11 is 0. The Labute approximate surface area is 175 Å². The van der Waals surface area contributed by atoms with E-state index in [1.807, 2.05) is 60.7 Å². The summed E-state index contributed by atoms with van der Waals surface area (Å²) < 4.78 is 22.7. The summed E-state index contributed by atoms with van der Waals surface area (Å²) in [6.07, 6.45) is -1.25. The van der Waals surface area contributed by atoms with E-state index in [4.69, 9.17) is 24.7 Å². The molecule has 0 bridgehead atoms. The number of benzene rings is 3. The molecule has 2 unspecified atom stereocenters. The van der Waals surface area contributed by atoms with E-state index in [-0.39, 0.29) is 0 Å². The minimum absolute atomic E-state index is 0.403. The Balaban J connectivity index is 1.94. The van der Waals surface area contributed by atoms with Gasteiger partial charge in [-0.3, -0.25) is 4.79 Å². The number of carbonyl (C=O) groups is 1. The molecule has 2 atom stereocenters. The first-order valence-corrected chi connectivity index (χ1v) is 9.51. The van der Waals surface area contributed by atoms with E-state index in [1.54, 1.807) is 14.2 Å². The molecule has 30 heavy (non-hydrogen) atoms. The zero-order chi connectivity index (χ0) is 21.3. The smallest absolute Gasteiger partial charge is 0.251 e. The van der Waals surface area contributed by atoms with Gasteiger partial charge in [0.1, 0.15) is 23.4 Å². The van der Waals surface area contributed by atoms with E-state index in [9.17, 15) is 4.79 Å². The van der Waals surface area contributed by atoms with E-state index in [2.05, 4.69) is 0 Å².